The number of benzene rings is 2. The number of hydrogen-bond acceptors (Lipinski definition) is 4. The Morgan fingerprint density at radius 1 is 1.23 bits per heavy atom. The molecule has 0 saturated heterocycles. The van der Waals surface area contributed by atoms with Crippen molar-refractivity contribution >= 4 is 17.8 Å². The van der Waals surface area contributed by atoms with Gasteiger partial charge in [-0.1, -0.05) is 30.3 Å². The predicted octanol–water partition coefficient (Wildman–Crippen LogP) is 2.43. The first-order valence-electron chi connectivity index (χ1n) is 6.36. The van der Waals surface area contributed by atoms with Gasteiger partial charge < -0.3 is 0 Å². The molecule has 22 heavy (non-hydrogen) atoms. The number of hydrogen-bond donors (Lipinski definition) is 1. The van der Waals surface area contributed by atoms with Gasteiger partial charge in [0.05, 0.1) is 17.6 Å². The van der Waals surface area contributed by atoms with Crippen molar-refractivity contribution < 1.29 is 14.1 Å². The summed E-state index contributed by atoms with van der Waals surface area (Å²) in [6.07, 6.45) is 1.23. The molecule has 0 aliphatic rings. The topological polar surface area (TPSA) is 84.6 Å². The van der Waals surface area contributed by atoms with Crippen LogP contribution >= 0.6 is 0 Å². The highest BCUT2D eigenvalue weighted by Gasteiger charge is 2.06. The van der Waals surface area contributed by atoms with Gasteiger partial charge in [-0.05, 0) is 11.6 Å². The van der Waals surface area contributed by atoms with Crippen LogP contribution in [-0.4, -0.2) is 17.0 Å². The third-order valence-corrected chi connectivity index (χ3v) is 2.81. The standard InChI is InChI=1S/C15H12FN3O3/c16-14-4-2-1-3-12(14)10-17-18-15(20)9-11-5-7-13(8-6-11)19(21)22/h1-8,10H,9H2,(H,18,20)/b17-10+. The Labute approximate surface area is 125 Å². The predicted molar refractivity (Wildman–Crippen MR) is 78.9 cm³/mol. The molecule has 0 aliphatic carbocycles. The smallest absolute Gasteiger partial charge is 0.269 e. The molecule has 6 nitrogen and oxygen atoms in total. The summed E-state index contributed by atoms with van der Waals surface area (Å²) in [6.45, 7) is 0. The quantitative estimate of drug-likeness (QED) is 0.523. The molecule has 2 aromatic carbocycles. The molecular weight excluding hydrogens is 289 g/mol. The highest BCUT2D eigenvalue weighted by Crippen LogP contribution is 2.12. The monoisotopic (exact) mass is 301 g/mol. The fourth-order valence-corrected chi connectivity index (χ4v) is 1.71. The lowest BCUT2D eigenvalue weighted by Crippen LogP contribution is -2.19. The molecule has 1 N–H and O–H groups in total. The highest BCUT2D eigenvalue weighted by molar-refractivity contribution is 5.83. The van der Waals surface area contributed by atoms with Gasteiger partial charge in [0.2, 0.25) is 5.91 Å². The van der Waals surface area contributed by atoms with Crippen molar-refractivity contribution in [2.75, 3.05) is 0 Å². The van der Waals surface area contributed by atoms with Gasteiger partial charge in [0.25, 0.3) is 5.69 Å². The van der Waals surface area contributed by atoms with Crippen LogP contribution in [0.3, 0.4) is 0 Å². The van der Waals surface area contributed by atoms with Crippen LogP contribution in [0.2, 0.25) is 0 Å². The summed E-state index contributed by atoms with van der Waals surface area (Å²) in [5.41, 5.74) is 3.11. The maximum atomic E-state index is 13.3. The lowest BCUT2D eigenvalue weighted by atomic mass is 10.1. The molecule has 0 aliphatic heterocycles. The number of halogens is 1. The first-order chi connectivity index (χ1) is 10.6. The second kappa shape index (κ2) is 7.07. The number of nitro benzene ring substituents is 1. The molecule has 112 valence electrons. The SMILES string of the molecule is O=C(Cc1ccc([N+](=O)[O-])cc1)N/N=C/c1ccccc1F. The second-order valence-electron chi connectivity index (χ2n) is 4.42. The van der Waals surface area contributed by atoms with E-state index in [-0.39, 0.29) is 17.7 Å². The Balaban J connectivity index is 1.90. The number of non-ortho nitro benzene ring substituents is 1. The normalized spacial score (nSPS) is 10.6. The number of hydrazone groups is 1. The van der Waals surface area contributed by atoms with Crippen LogP contribution in [0.15, 0.2) is 53.6 Å². The van der Waals surface area contributed by atoms with Gasteiger partial charge in [-0.3, -0.25) is 14.9 Å². The number of nitrogens with zero attached hydrogens (tertiary/aromatic N) is 2. The Morgan fingerprint density at radius 3 is 2.55 bits per heavy atom. The number of rotatable bonds is 5. The van der Waals surface area contributed by atoms with Gasteiger partial charge in [0, 0.05) is 17.7 Å². The van der Waals surface area contributed by atoms with Gasteiger partial charge in [-0.15, -0.1) is 0 Å². The summed E-state index contributed by atoms with van der Waals surface area (Å²) in [5.74, 6) is -0.836. The largest absolute Gasteiger partial charge is 0.273 e. The molecule has 0 saturated carbocycles. The van der Waals surface area contributed by atoms with Crippen LogP contribution in [0.25, 0.3) is 0 Å². The van der Waals surface area contributed by atoms with Gasteiger partial charge in [-0.25, -0.2) is 9.82 Å². The van der Waals surface area contributed by atoms with Crippen molar-refractivity contribution in [3.05, 3.63) is 75.6 Å². The van der Waals surface area contributed by atoms with Gasteiger partial charge in [0.15, 0.2) is 0 Å². The molecule has 0 atom stereocenters. The van der Waals surface area contributed by atoms with E-state index in [1.165, 1.54) is 42.6 Å². The van der Waals surface area contributed by atoms with E-state index in [1.54, 1.807) is 12.1 Å². The molecule has 7 heteroatoms. The maximum absolute atomic E-state index is 13.3. The molecule has 2 aromatic rings. The van der Waals surface area contributed by atoms with Crippen LogP contribution in [-0.2, 0) is 11.2 Å². The molecule has 0 fully saturated rings. The first-order valence-corrected chi connectivity index (χ1v) is 6.36. The summed E-state index contributed by atoms with van der Waals surface area (Å²) < 4.78 is 13.3. The molecule has 1 amide bonds. The molecule has 0 heterocycles. The lowest BCUT2D eigenvalue weighted by Gasteiger charge is -2.00. The zero-order valence-corrected chi connectivity index (χ0v) is 11.4. The van der Waals surface area contributed by atoms with Crippen molar-refractivity contribution in [1.82, 2.24) is 5.43 Å². The molecule has 2 rings (SSSR count). The van der Waals surface area contributed by atoms with E-state index in [9.17, 15) is 19.3 Å². The number of carbonyl (C=O) groups is 1. The molecular formula is C15H12FN3O3. The minimum Gasteiger partial charge on any atom is -0.273 e. The van der Waals surface area contributed by atoms with Gasteiger partial charge in [-0.2, -0.15) is 5.10 Å². The van der Waals surface area contributed by atoms with E-state index in [0.29, 0.717) is 5.56 Å². The van der Waals surface area contributed by atoms with E-state index in [2.05, 4.69) is 10.5 Å². The summed E-state index contributed by atoms with van der Waals surface area (Å²) in [4.78, 5) is 21.7. The van der Waals surface area contributed by atoms with Crippen LogP contribution in [0.5, 0.6) is 0 Å². The number of nitrogens with one attached hydrogen (secondary N) is 1. The number of carbonyl (C=O) groups excluding carboxylic acids is 1. The third-order valence-electron chi connectivity index (χ3n) is 2.81. The molecule has 0 unspecified atom stereocenters. The van der Waals surface area contributed by atoms with Crippen molar-refractivity contribution in [1.29, 1.82) is 0 Å². The van der Waals surface area contributed by atoms with Crippen molar-refractivity contribution in [2.45, 2.75) is 6.42 Å². The lowest BCUT2D eigenvalue weighted by molar-refractivity contribution is -0.384. The fraction of sp³-hybridized carbons (Fsp3) is 0.0667. The fourth-order valence-electron chi connectivity index (χ4n) is 1.71. The molecule has 0 radical (unpaired) electrons. The minimum atomic E-state index is -0.511. The third kappa shape index (κ3) is 4.20. The van der Waals surface area contributed by atoms with Crippen molar-refractivity contribution in [3.63, 3.8) is 0 Å². The average Bonchev–Trinajstić information content (AvgIpc) is 2.50. The first kappa shape index (κ1) is 15.3. The Hall–Kier alpha value is -3.09. The zero-order chi connectivity index (χ0) is 15.9. The Kier molecular flexibility index (Phi) is 4.92. The Morgan fingerprint density at radius 2 is 1.91 bits per heavy atom. The number of nitro groups is 1. The van der Waals surface area contributed by atoms with Gasteiger partial charge in [0.1, 0.15) is 5.82 Å². The van der Waals surface area contributed by atoms with Crippen LogP contribution in [0.4, 0.5) is 10.1 Å². The zero-order valence-electron chi connectivity index (χ0n) is 11.4. The molecule has 0 bridgehead atoms. The van der Waals surface area contributed by atoms with Crippen LogP contribution in [0.1, 0.15) is 11.1 Å². The summed E-state index contributed by atoms with van der Waals surface area (Å²) in [6, 6.07) is 11.7. The number of amides is 1. The van der Waals surface area contributed by atoms with E-state index < -0.39 is 16.6 Å². The van der Waals surface area contributed by atoms with E-state index in [0.717, 1.165) is 0 Å². The van der Waals surface area contributed by atoms with E-state index in [4.69, 9.17) is 0 Å². The summed E-state index contributed by atoms with van der Waals surface area (Å²) in [7, 11) is 0. The minimum absolute atomic E-state index is 0.0204. The van der Waals surface area contributed by atoms with Crippen molar-refractivity contribution in [3.8, 4) is 0 Å². The van der Waals surface area contributed by atoms with Crippen molar-refractivity contribution in [2.24, 2.45) is 5.10 Å². The van der Waals surface area contributed by atoms with E-state index >= 15 is 0 Å². The molecule has 0 aromatic heterocycles. The van der Waals surface area contributed by atoms with E-state index in [1.807, 2.05) is 0 Å². The molecule has 0 spiro atoms. The maximum Gasteiger partial charge on any atom is 0.269 e. The second-order valence-corrected chi connectivity index (χ2v) is 4.42. The Bertz CT molecular complexity index is 714. The average molecular weight is 301 g/mol. The van der Waals surface area contributed by atoms with Crippen LogP contribution < -0.4 is 5.43 Å². The summed E-state index contributed by atoms with van der Waals surface area (Å²) >= 11 is 0. The van der Waals surface area contributed by atoms with Crippen LogP contribution in [0, 0.1) is 15.9 Å². The highest BCUT2D eigenvalue weighted by atomic mass is 19.1. The van der Waals surface area contributed by atoms with Gasteiger partial charge >= 0.3 is 0 Å². The summed E-state index contributed by atoms with van der Waals surface area (Å²) in [5, 5.41) is 14.2.